The summed E-state index contributed by atoms with van der Waals surface area (Å²) in [4.78, 5) is 15.0. The fourth-order valence-corrected chi connectivity index (χ4v) is 3.10. The molecule has 0 aliphatic carbocycles. The highest BCUT2D eigenvalue weighted by Gasteiger charge is 2.38. The third-order valence-corrected chi connectivity index (χ3v) is 4.89. The van der Waals surface area contributed by atoms with Crippen molar-refractivity contribution in [3.05, 3.63) is 65.2 Å². The summed E-state index contributed by atoms with van der Waals surface area (Å²) in [6.07, 6.45) is 0. The number of nitrogens with zero attached hydrogens (tertiary/aromatic N) is 2. The molecule has 0 aliphatic rings. The first kappa shape index (κ1) is 16.6. The van der Waals surface area contributed by atoms with E-state index in [1.807, 2.05) is 0 Å². The molecule has 0 aromatic heterocycles. The minimum absolute atomic E-state index is 0.0780. The second-order valence-electron chi connectivity index (χ2n) is 4.78. The molecule has 118 valence electrons. The summed E-state index contributed by atoms with van der Waals surface area (Å²) >= 11 is 0. The van der Waals surface area contributed by atoms with Gasteiger partial charge < -0.3 is 10.3 Å². The highest BCUT2D eigenvalue weighted by molar-refractivity contribution is 8.08. The molecule has 0 aliphatic heterocycles. The third-order valence-electron chi connectivity index (χ3n) is 3.22. The Bertz CT molecular complexity index is 879. The number of ether oxygens (including phenoxy) is 1. The lowest BCUT2D eigenvalue weighted by atomic mass is 10.1. The minimum Gasteiger partial charge on any atom is -0.497 e. The van der Waals surface area contributed by atoms with Gasteiger partial charge in [0, 0.05) is 5.56 Å². The van der Waals surface area contributed by atoms with E-state index in [2.05, 4.69) is 4.79 Å². The van der Waals surface area contributed by atoms with Crippen molar-refractivity contribution in [3.63, 3.8) is 0 Å². The van der Waals surface area contributed by atoms with Crippen molar-refractivity contribution in [2.45, 2.75) is 11.8 Å². The molecule has 2 rings (SSSR count). The highest BCUT2D eigenvalue weighted by Crippen LogP contribution is 2.17. The van der Waals surface area contributed by atoms with E-state index in [1.54, 1.807) is 19.1 Å². The molecule has 0 saturated heterocycles. The molecular weight excluding hydrogens is 316 g/mol. The summed E-state index contributed by atoms with van der Waals surface area (Å²) in [5.74, 6) is -0.374. The molecule has 0 spiro atoms. The molecule has 2 aromatic rings. The number of sulfone groups is 1. The van der Waals surface area contributed by atoms with Gasteiger partial charge in [0.2, 0.25) is 0 Å². The largest absolute Gasteiger partial charge is 0.497 e. The molecule has 7 heteroatoms. The molecule has 0 unspecified atom stereocenters. The van der Waals surface area contributed by atoms with Crippen LogP contribution < -0.4 is 4.74 Å². The molecule has 0 fully saturated rings. The van der Waals surface area contributed by atoms with Crippen LogP contribution in [0.5, 0.6) is 5.75 Å². The van der Waals surface area contributed by atoms with Crippen molar-refractivity contribution < 1.29 is 22.7 Å². The zero-order valence-electron chi connectivity index (χ0n) is 12.6. The lowest BCUT2D eigenvalue weighted by Crippen LogP contribution is -2.26. The first-order valence-electron chi connectivity index (χ1n) is 6.62. The molecule has 23 heavy (non-hydrogen) atoms. The van der Waals surface area contributed by atoms with Gasteiger partial charge >= 0.3 is 5.04 Å². The normalized spacial score (nSPS) is 10.7. The second kappa shape index (κ2) is 6.56. The van der Waals surface area contributed by atoms with Gasteiger partial charge in [-0.05, 0) is 43.3 Å². The van der Waals surface area contributed by atoms with Crippen LogP contribution in [-0.2, 0) is 9.84 Å². The van der Waals surface area contributed by atoms with Crippen molar-refractivity contribution in [2.24, 2.45) is 0 Å². The van der Waals surface area contributed by atoms with Crippen LogP contribution in [0.2, 0.25) is 0 Å². The van der Waals surface area contributed by atoms with Crippen LogP contribution in [0.4, 0.5) is 0 Å². The number of rotatable bonds is 4. The van der Waals surface area contributed by atoms with E-state index in [9.17, 15) is 13.2 Å². The van der Waals surface area contributed by atoms with Crippen LogP contribution in [-0.4, -0.2) is 31.1 Å². The molecule has 6 nitrogen and oxygen atoms in total. The first-order valence-corrected chi connectivity index (χ1v) is 8.11. The summed E-state index contributed by atoms with van der Waals surface area (Å²) in [6, 6.07) is 11.7. The van der Waals surface area contributed by atoms with Crippen LogP contribution >= 0.6 is 0 Å². The van der Waals surface area contributed by atoms with E-state index in [4.69, 9.17) is 10.3 Å². The fraction of sp³-hybridized carbons (Fsp3) is 0.125. The van der Waals surface area contributed by atoms with Crippen LogP contribution in [0.3, 0.4) is 0 Å². The van der Waals surface area contributed by atoms with E-state index in [0.29, 0.717) is 5.75 Å². The lowest BCUT2D eigenvalue weighted by Gasteiger charge is -2.02. The van der Waals surface area contributed by atoms with Crippen molar-refractivity contribution in [1.82, 2.24) is 0 Å². The number of aryl methyl sites for hydroxylation is 1. The summed E-state index contributed by atoms with van der Waals surface area (Å²) < 4.78 is 29.9. The van der Waals surface area contributed by atoms with Crippen molar-refractivity contribution in [2.75, 3.05) is 7.11 Å². The predicted molar refractivity (Wildman–Crippen MR) is 84.3 cm³/mol. The maximum Gasteiger partial charge on any atom is 0.456 e. The van der Waals surface area contributed by atoms with Crippen LogP contribution in [0.15, 0.2) is 53.4 Å². The van der Waals surface area contributed by atoms with Gasteiger partial charge in [0.25, 0.3) is 15.6 Å². The van der Waals surface area contributed by atoms with Crippen molar-refractivity contribution in [3.8, 4) is 5.75 Å². The van der Waals surface area contributed by atoms with Gasteiger partial charge in [-0.1, -0.05) is 17.7 Å². The average Bonchev–Trinajstić information content (AvgIpc) is 2.55. The summed E-state index contributed by atoms with van der Waals surface area (Å²) in [5, 5.41) is -0.925. The Labute approximate surface area is 133 Å². The van der Waals surface area contributed by atoms with E-state index in [1.165, 1.54) is 43.5 Å². The molecule has 0 N–H and O–H groups in total. The number of carbonyl (C=O) groups is 1. The summed E-state index contributed by atoms with van der Waals surface area (Å²) in [5.41, 5.74) is 10.0. The zero-order chi connectivity index (χ0) is 17.0. The van der Waals surface area contributed by atoms with E-state index in [-0.39, 0.29) is 10.5 Å². The first-order chi connectivity index (χ1) is 10.9. The van der Waals surface area contributed by atoms with E-state index < -0.39 is 20.7 Å². The quantitative estimate of drug-likeness (QED) is 0.282. The van der Waals surface area contributed by atoms with Gasteiger partial charge in [-0.2, -0.15) is 0 Å². The van der Waals surface area contributed by atoms with Crippen LogP contribution in [0, 0.1) is 6.92 Å². The molecular formula is C16H14N2O4S. The maximum atomic E-state index is 12.5. The van der Waals surface area contributed by atoms with Gasteiger partial charge in [0.1, 0.15) is 5.75 Å². The van der Waals surface area contributed by atoms with Crippen LogP contribution in [0.1, 0.15) is 15.9 Å². The van der Waals surface area contributed by atoms with Crippen molar-refractivity contribution in [1.29, 1.82) is 0 Å². The Kier molecular flexibility index (Phi) is 4.74. The van der Waals surface area contributed by atoms with Gasteiger partial charge in [-0.3, -0.25) is 4.79 Å². The Hall–Kier alpha value is -2.76. The Balaban J connectivity index is 2.44. The average molecular weight is 330 g/mol. The topological polar surface area (TPSA) is 96.8 Å². The number of benzene rings is 2. The van der Waals surface area contributed by atoms with Gasteiger partial charge in [-0.25, -0.2) is 8.42 Å². The predicted octanol–water partition coefficient (Wildman–Crippen LogP) is 2.29. The SMILES string of the molecule is COc1ccc(C(=O)C(=[N+]=[N-])S(=O)(=O)c2ccc(C)cc2)cc1. The number of hydrogen-bond acceptors (Lipinski definition) is 4. The maximum absolute atomic E-state index is 12.5. The lowest BCUT2D eigenvalue weighted by molar-refractivity contribution is -0.00158. The van der Waals surface area contributed by atoms with Crippen molar-refractivity contribution >= 4 is 20.7 Å². The van der Waals surface area contributed by atoms with Gasteiger partial charge in [-0.15, -0.1) is 4.79 Å². The number of methoxy groups -OCH3 is 1. The Morgan fingerprint density at radius 3 is 2.09 bits per heavy atom. The van der Waals surface area contributed by atoms with Gasteiger partial charge in [0.05, 0.1) is 12.0 Å². The molecule has 0 radical (unpaired) electrons. The minimum atomic E-state index is -4.21. The Morgan fingerprint density at radius 1 is 1.04 bits per heavy atom. The number of carbonyl (C=O) groups excluding carboxylic acids is 1. The smallest absolute Gasteiger partial charge is 0.456 e. The fourth-order valence-electron chi connectivity index (χ4n) is 1.92. The molecule has 2 aromatic carbocycles. The molecule has 0 saturated carbocycles. The zero-order valence-corrected chi connectivity index (χ0v) is 13.4. The highest BCUT2D eigenvalue weighted by atomic mass is 32.2. The van der Waals surface area contributed by atoms with E-state index in [0.717, 1.165) is 5.56 Å². The summed E-state index contributed by atoms with van der Waals surface area (Å²) in [6.45, 7) is 1.81. The standard InChI is InChI=1S/C16H14N2O4S/c1-11-3-9-14(10-4-11)23(20,21)16(18-17)15(19)12-5-7-13(22-2)8-6-12/h3-10H,1-2H3. The molecule has 0 bridgehead atoms. The monoisotopic (exact) mass is 330 g/mol. The number of ketones is 1. The third kappa shape index (κ3) is 3.36. The second-order valence-corrected chi connectivity index (χ2v) is 6.64. The van der Waals surface area contributed by atoms with E-state index >= 15 is 0 Å². The molecule has 0 atom stereocenters. The van der Waals surface area contributed by atoms with Gasteiger partial charge in [0.15, 0.2) is 0 Å². The molecule has 0 amide bonds. The number of Topliss-reactive ketones (excluding diaryl/α,β-unsaturated/α-hetero) is 1. The molecule has 0 heterocycles. The summed E-state index contributed by atoms with van der Waals surface area (Å²) in [7, 11) is -2.74. The number of hydrogen-bond donors (Lipinski definition) is 0. The Morgan fingerprint density at radius 2 is 1.61 bits per heavy atom. The van der Waals surface area contributed by atoms with Crippen LogP contribution in [0.25, 0.3) is 5.53 Å².